The van der Waals surface area contributed by atoms with E-state index in [9.17, 15) is 8.42 Å². The number of anilines is 2. The van der Waals surface area contributed by atoms with Gasteiger partial charge in [-0.3, -0.25) is 4.72 Å². The summed E-state index contributed by atoms with van der Waals surface area (Å²) >= 11 is 5.87. The van der Waals surface area contributed by atoms with Crippen molar-refractivity contribution in [2.45, 2.75) is 4.90 Å². The van der Waals surface area contributed by atoms with Gasteiger partial charge in [0.25, 0.3) is 10.0 Å². The highest BCUT2D eigenvalue weighted by Crippen LogP contribution is 2.28. The fourth-order valence-corrected chi connectivity index (χ4v) is 3.24. The molecule has 0 aliphatic carbocycles. The number of aromatic nitrogens is 1. The Balaban J connectivity index is 2.24. The van der Waals surface area contributed by atoms with Crippen LogP contribution in [0.1, 0.15) is 0 Å². The van der Waals surface area contributed by atoms with Crippen molar-refractivity contribution in [2.24, 2.45) is 0 Å². The second kappa shape index (κ2) is 7.34. The minimum atomic E-state index is -3.87. The largest absolute Gasteiger partial charge is 0.495 e. The van der Waals surface area contributed by atoms with Gasteiger partial charge in [-0.25, -0.2) is 13.4 Å². The third-order valence-electron chi connectivity index (χ3n) is 2.87. The highest BCUT2D eigenvalue weighted by molar-refractivity contribution is 7.92. The van der Waals surface area contributed by atoms with E-state index in [4.69, 9.17) is 16.3 Å². The van der Waals surface area contributed by atoms with Crippen molar-refractivity contribution in [3.8, 4) is 5.75 Å². The zero-order valence-corrected chi connectivity index (χ0v) is 14.0. The molecule has 0 spiro atoms. The molecule has 122 valence electrons. The van der Waals surface area contributed by atoms with Crippen LogP contribution >= 0.6 is 11.6 Å². The van der Waals surface area contributed by atoms with Gasteiger partial charge >= 0.3 is 0 Å². The Labute approximate surface area is 140 Å². The van der Waals surface area contributed by atoms with Crippen LogP contribution in [0.4, 0.5) is 11.5 Å². The predicted octanol–water partition coefficient (Wildman–Crippen LogP) is 3.14. The average Bonchev–Trinajstić information content (AvgIpc) is 2.54. The molecule has 0 fully saturated rings. The van der Waals surface area contributed by atoms with Crippen molar-refractivity contribution < 1.29 is 13.2 Å². The van der Waals surface area contributed by atoms with Crippen LogP contribution in [0.3, 0.4) is 0 Å². The smallest absolute Gasteiger partial charge is 0.266 e. The molecule has 1 aromatic heterocycles. The van der Waals surface area contributed by atoms with Crippen molar-refractivity contribution in [1.82, 2.24) is 4.98 Å². The van der Waals surface area contributed by atoms with Gasteiger partial charge in [-0.2, -0.15) is 0 Å². The summed E-state index contributed by atoms with van der Waals surface area (Å²) < 4.78 is 32.4. The molecule has 1 heterocycles. The van der Waals surface area contributed by atoms with Crippen LogP contribution in [0, 0.1) is 0 Å². The molecule has 0 bridgehead atoms. The van der Waals surface area contributed by atoms with Crippen molar-refractivity contribution in [3.63, 3.8) is 0 Å². The van der Waals surface area contributed by atoms with E-state index in [2.05, 4.69) is 21.6 Å². The first-order valence-corrected chi connectivity index (χ1v) is 8.49. The van der Waals surface area contributed by atoms with Crippen molar-refractivity contribution in [3.05, 3.63) is 54.2 Å². The van der Waals surface area contributed by atoms with E-state index in [0.29, 0.717) is 11.6 Å². The summed E-state index contributed by atoms with van der Waals surface area (Å²) in [4.78, 5) is 4.01. The second-order valence-corrected chi connectivity index (χ2v) is 6.59. The molecule has 1 aromatic carbocycles. The normalized spacial score (nSPS) is 10.9. The van der Waals surface area contributed by atoms with Gasteiger partial charge in [-0.15, -0.1) is 6.58 Å². The number of rotatable bonds is 7. The Hall–Kier alpha value is -2.25. The standard InChI is InChI=1S/C15H16ClN3O3S/c1-3-8-17-12-5-7-15(18-10-12)19-23(20,21)14-9-11(16)4-6-13(14)22-2/h3-7,9-10,17H,1,8H2,2H3,(H,18,19). The van der Waals surface area contributed by atoms with Crippen LogP contribution in [-0.4, -0.2) is 27.1 Å². The second-order valence-electron chi connectivity index (χ2n) is 4.50. The number of nitrogens with zero attached hydrogens (tertiary/aromatic N) is 1. The maximum atomic E-state index is 12.5. The van der Waals surface area contributed by atoms with Gasteiger partial charge < -0.3 is 10.1 Å². The zero-order valence-electron chi connectivity index (χ0n) is 12.4. The summed E-state index contributed by atoms with van der Waals surface area (Å²) in [5, 5.41) is 3.34. The van der Waals surface area contributed by atoms with Crippen molar-refractivity contribution >= 4 is 33.1 Å². The molecule has 6 nitrogen and oxygen atoms in total. The van der Waals surface area contributed by atoms with E-state index < -0.39 is 10.0 Å². The molecule has 0 aliphatic rings. The van der Waals surface area contributed by atoms with Crippen LogP contribution in [0.5, 0.6) is 5.75 Å². The molecule has 0 radical (unpaired) electrons. The van der Waals surface area contributed by atoms with Crippen LogP contribution in [0.2, 0.25) is 5.02 Å². The lowest BCUT2D eigenvalue weighted by atomic mass is 10.3. The van der Waals surface area contributed by atoms with Crippen molar-refractivity contribution in [2.75, 3.05) is 23.7 Å². The SMILES string of the molecule is C=CCNc1ccc(NS(=O)(=O)c2cc(Cl)ccc2OC)nc1. The molecule has 2 aromatic rings. The number of hydrogen-bond acceptors (Lipinski definition) is 5. The zero-order chi connectivity index (χ0) is 16.9. The number of benzene rings is 1. The molecule has 8 heteroatoms. The number of halogens is 1. The Kier molecular flexibility index (Phi) is 5.46. The molecule has 0 saturated carbocycles. The average molecular weight is 354 g/mol. The minimum absolute atomic E-state index is 0.0526. The predicted molar refractivity (Wildman–Crippen MR) is 91.7 cm³/mol. The number of nitrogens with one attached hydrogen (secondary N) is 2. The van der Waals surface area contributed by atoms with Crippen LogP contribution in [-0.2, 0) is 10.0 Å². The number of hydrogen-bond donors (Lipinski definition) is 2. The Morgan fingerprint density at radius 3 is 2.74 bits per heavy atom. The van der Waals surface area contributed by atoms with Gasteiger partial charge in [0.15, 0.2) is 0 Å². The van der Waals surface area contributed by atoms with E-state index >= 15 is 0 Å². The monoisotopic (exact) mass is 353 g/mol. The number of methoxy groups -OCH3 is 1. The summed E-state index contributed by atoms with van der Waals surface area (Å²) in [6, 6.07) is 7.64. The fourth-order valence-electron chi connectivity index (χ4n) is 1.80. The topological polar surface area (TPSA) is 80.3 Å². The lowest BCUT2D eigenvalue weighted by molar-refractivity contribution is 0.403. The summed E-state index contributed by atoms with van der Waals surface area (Å²) in [6.45, 7) is 4.19. The molecule has 2 N–H and O–H groups in total. The van der Waals surface area contributed by atoms with E-state index in [1.165, 1.54) is 25.4 Å². The van der Waals surface area contributed by atoms with E-state index in [0.717, 1.165) is 5.69 Å². The summed E-state index contributed by atoms with van der Waals surface area (Å²) in [5.41, 5.74) is 0.758. The van der Waals surface area contributed by atoms with Crippen molar-refractivity contribution in [1.29, 1.82) is 0 Å². The maximum absolute atomic E-state index is 12.5. The first kappa shape index (κ1) is 17.1. The third-order valence-corrected chi connectivity index (χ3v) is 4.48. The molecule has 0 saturated heterocycles. The Bertz CT molecular complexity index is 792. The van der Waals surface area contributed by atoms with Gasteiger partial charge in [0, 0.05) is 11.6 Å². The van der Waals surface area contributed by atoms with E-state index in [-0.39, 0.29) is 16.5 Å². The summed E-state index contributed by atoms with van der Waals surface area (Å²) in [6.07, 6.45) is 3.23. The minimum Gasteiger partial charge on any atom is -0.495 e. The lowest BCUT2D eigenvalue weighted by Crippen LogP contribution is -2.15. The quantitative estimate of drug-likeness (QED) is 0.747. The number of ether oxygens (including phenoxy) is 1. The molecular weight excluding hydrogens is 338 g/mol. The lowest BCUT2D eigenvalue weighted by Gasteiger charge is -2.12. The number of pyridine rings is 1. The van der Waals surface area contributed by atoms with Gasteiger partial charge in [0.1, 0.15) is 16.5 Å². The summed E-state index contributed by atoms with van der Waals surface area (Å²) in [5.74, 6) is 0.391. The molecular formula is C15H16ClN3O3S. The van der Waals surface area contributed by atoms with Crippen LogP contribution in [0.25, 0.3) is 0 Å². The Morgan fingerprint density at radius 1 is 1.35 bits per heavy atom. The van der Waals surface area contributed by atoms with Gasteiger partial charge in [0.2, 0.25) is 0 Å². The van der Waals surface area contributed by atoms with E-state index in [1.807, 2.05) is 0 Å². The summed E-state index contributed by atoms with van der Waals surface area (Å²) in [7, 11) is -2.48. The third kappa shape index (κ3) is 4.37. The highest BCUT2D eigenvalue weighted by atomic mass is 35.5. The highest BCUT2D eigenvalue weighted by Gasteiger charge is 2.20. The fraction of sp³-hybridized carbons (Fsp3) is 0.133. The number of sulfonamides is 1. The van der Waals surface area contributed by atoms with E-state index in [1.54, 1.807) is 24.3 Å². The van der Waals surface area contributed by atoms with Crippen LogP contribution in [0.15, 0.2) is 54.1 Å². The van der Waals surface area contributed by atoms with Gasteiger partial charge in [0.05, 0.1) is 19.0 Å². The Morgan fingerprint density at radius 2 is 2.13 bits per heavy atom. The molecule has 0 aliphatic heterocycles. The molecule has 23 heavy (non-hydrogen) atoms. The molecule has 0 unspecified atom stereocenters. The van der Waals surface area contributed by atoms with Gasteiger partial charge in [-0.05, 0) is 30.3 Å². The molecule has 2 rings (SSSR count). The first-order chi connectivity index (χ1) is 11.0. The first-order valence-electron chi connectivity index (χ1n) is 6.63. The molecule has 0 atom stereocenters. The van der Waals surface area contributed by atoms with Crippen LogP contribution < -0.4 is 14.8 Å². The maximum Gasteiger partial charge on any atom is 0.266 e. The molecule has 0 amide bonds. The van der Waals surface area contributed by atoms with Gasteiger partial charge in [-0.1, -0.05) is 17.7 Å².